The Kier molecular flexibility index (Phi) is 5.85. The molecule has 154 valence electrons. The number of nitrogens with zero attached hydrogens (tertiary/aromatic N) is 3. The lowest BCUT2D eigenvalue weighted by Gasteiger charge is -2.14. The molecule has 0 saturated heterocycles. The summed E-state index contributed by atoms with van der Waals surface area (Å²) in [4.78, 5) is 24.4. The van der Waals surface area contributed by atoms with E-state index in [1.807, 2.05) is 66.1 Å². The van der Waals surface area contributed by atoms with Gasteiger partial charge in [-0.05, 0) is 38.8 Å². The lowest BCUT2D eigenvalue weighted by atomic mass is 10.2. The van der Waals surface area contributed by atoms with Crippen molar-refractivity contribution in [3.8, 4) is 17.1 Å². The molecular weight excluding hydrogens is 398 g/mol. The van der Waals surface area contributed by atoms with E-state index >= 15 is 0 Å². The van der Waals surface area contributed by atoms with E-state index in [4.69, 9.17) is 0 Å². The van der Waals surface area contributed by atoms with Gasteiger partial charge in [0.15, 0.2) is 11.0 Å². The summed E-state index contributed by atoms with van der Waals surface area (Å²) in [5.41, 5.74) is 2.99. The molecule has 7 nitrogen and oxygen atoms in total. The number of urea groups is 1. The van der Waals surface area contributed by atoms with Gasteiger partial charge in [-0.25, -0.2) is 4.79 Å². The van der Waals surface area contributed by atoms with Crippen molar-refractivity contribution >= 4 is 23.7 Å². The summed E-state index contributed by atoms with van der Waals surface area (Å²) in [6.45, 7) is 3.78. The van der Waals surface area contributed by atoms with Crippen LogP contribution in [0.4, 0.5) is 4.79 Å². The summed E-state index contributed by atoms with van der Waals surface area (Å²) in [5, 5.41) is 14.0. The van der Waals surface area contributed by atoms with Crippen molar-refractivity contribution in [3.05, 3.63) is 60.2 Å². The van der Waals surface area contributed by atoms with Crippen LogP contribution in [0.25, 0.3) is 17.1 Å². The zero-order chi connectivity index (χ0) is 21.1. The van der Waals surface area contributed by atoms with E-state index in [2.05, 4.69) is 20.8 Å². The van der Waals surface area contributed by atoms with E-state index in [9.17, 15) is 9.59 Å². The third kappa shape index (κ3) is 4.71. The Morgan fingerprint density at radius 2 is 1.77 bits per heavy atom. The van der Waals surface area contributed by atoms with Gasteiger partial charge in [-0.3, -0.25) is 14.7 Å². The molecule has 1 saturated carbocycles. The zero-order valence-corrected chi connectivity index (χ0v) is 17.6. The Bertz CT molecular complexity index is 1050. The highest BCUT2D eigenvalue weighted by Gasteiger charge is 2.26. The molecule has 1 unspecified atom stereocenters. The second-order valence-electron chi connectivity index (χ2n) is 7.34. The normalized spacial score (nSPS) is 14.2. The van der Waals surface area contributed by atoms with E-state index in [0.717, 1.165) is 29.7 Å². The van der Waals surface area contributed by atoms with Crippen molar-refractivity contribution in [1.29, 1.82) is 0 Å². The molecule has 0 aliphatic heterocycles. The standard InChI is InChI=1S/C22H23N5O2S/c1-14-8-12-18(13-9-14)27-19(16-6-4-3-5-7-16)25-26-22(27)30-15(2)20(28)24-21(29)23-17-10-11-17/h3-9,12-13,15,17H,10-11H2,1-2H3,(H2,23,24,28,29). The van der Waals surface area contributed by atoms with Gasteiger partial charge >= 0.3 is 6.03 Å². The largest absolute Gasteiger partial charge is 0.335 e. The van der Waals surface area contributed by atoms with Gasteiger partial charge in [0.05, 0.1) is 5.25 Å². The third-order valence-corrected chi connectivity index (χ3v) is 5.80. The van der Waals surface area contributed by atoms with Crippen molar-refractivity contribution in [3.63, 3.8) is 0 Å². The number of carbonyl (C=O) groups is 2. The first-order chi connectivity index (χ1) is 14.5. The minimum absolute atomic E-state index is 0.193. The van der Waals surface area contributed by atoms with E-state index in [1.54, 1.807) is 6.92 Å². The first-order valence-electron chi connectivity index (χ1n) is 9.87. The molecule has 1 aromatic heterocycles. The van der Waals surface area contributed by atoms with Crippen LogP contribution in [0.5, 0.6) is 0 Å². The highest BCUT2D eigenvalue weighted by Crippen LogP contribution is 2.30. The Balaban J connectivity index is 1.59. The van der Waals surface area contributed by atoms with Gasteiger partial charge in [0.25, 0.3) is 0 Å². The van der Waals surface area contributed by atoms with Crippen LogP contribution in [0.1, 0.15) is 25.3 Å². The average Bonchev–Trinajstić information content (AvgIpc) is 3.46. The predicted molar refractivity (Wildman–Crippen MR) is 117 cm³/mol. The number of rotatable bonds is 6. The molecule has 1 aliphatic carbocycles. The van der Waals surface area contributed by atoms with Gasteiger partial charge in [0.1, 0.15) is 0 Å². The third-order valence-electron chi connectivity index (χ3n) is 4.76. The monoisotopic (exact) mass is 421 g/mol. The molecule has 1 aliphatic rings. The SMILES string of the molecule is Cc1ccc(-n2c(SC(C)C(=O)NC(=O)NC3CC3)nnc2-c2ccccc2)cc1. The molecule has 0 bridgehead atoms. The number of imide groups is 1. The van der Waals surface area contributed by atoms with Gasteiger partial charge < -0.3 is 5.32 Å². The number of aryl methyl sites for hydroxylation is 1. The van der Waals surface area contributed by atoms with Crippen molar-refractivity contribution in [1.82, 2.24) is 25.4 Å². The van der Waals surface area contributed by atoms with Crippen LogP contribution in [0.2, 0.25) is 0 Å². The van der Waals surface area contributed by atoms with Crippen LogP contribution in [0.15, 0.2) is 59.8 Å². The smallest absolute Gasteiger partial charge is 0.321 e. The van der Waals surface area contributed by atoms with Gasteiger partial charge in [-0.2, -0.15) is 0 Å². The summed E-state index contributed by atoms with van der Waals surface area (Å²) in [6.07, 6.45) is 1.93. The molecule has 2 N–H and O–H groups in total. The summed E-state index contributed by atoms with van der Waals surface area (Å²) in [6, 6.07) is 17.6. The fourth-order valence-corrected chi connectivity index (χ4v) is 3.79. The summed E-state index contributed by atoms with van der Waals surface area (Å²) < 4.78 is 1.94. The quantitative estimate of drug-likeness (QED) is 0.592. The second-order valence-corrected chi connectivity index (χ2v) is 8.65. The minimum Gasteiger partial charge on any atom is -0.335 e. The van der Waals surface area contributed by atoms with Crippen LogP contribution in [-0.2, 0) is 4.79 Å². The van der Waals surface area contributed by atoms with Crippen LogP contribution in [0.3, 0.4) is 0 Å². The number of aromatic nitrogens is 3. The van der Waals surface area contributed by atoms with E-state index in [-0.39, 0.29) is 11.9 Å². The van der Waals surface area contributed by atoms with Crippen LogP contribution in [-0.4, -0.2) is 38.0 Å². The summed E-state index contributed by atoms with van der Waals surface area (Å²) in [5.74, 6) is 0.332. The fourth-order valence-electron chi connectivity index (χ4n) is 2.92. The lowest BCUT2D eigenvalue weighted by molar-refractivity contribution is -0.119. The highest BCUT2D eigenvalue weighted by atomic mass is 32.2. The first kappa shape index (κ1) is 20.2. The highest BCUT2D eigenvalue weighted by molar-refractivity contribution is 8.00. The first-order valence-corrected chi connectivity index (χ1v) is 10.7. The minimum atomic E-state index is -0.521. The molecule has 1 heterocycles. The van der Waals surface area contributed by atoms with E-state index in [1.165, 1.54) is 11.8 Å². The average molecular weight is 422 g/mol. The Labute approximate surface area is 179 Å². The number of benzene rings is 2. The Hall–Kier alpha value is -3.13. The van der Waals surface area contributed by atoms with Gasteiger partial charge in [0.2, 0.25) is 5.91 Å². The van der Waals surface area contributed by atoms with Crippen molar-refractivity contribution in [2.75, 3.05) is 0 Å². The predicted octanol–water partition coefficient (Wildman–Crippen LogP) is 3.71. The van der Waals surface area contributed by atoms with Crippen LogP contribution >= 0.6 is 11.8 Å². The molecule has 4 rings (SSSR count). The molecule has 1 fully saturated rings. The second kappa shape index (κ2) is 8.71. The van der Waals surface area contributed by atoms with Crippen molar-refractivity contribution in [2.24, 2.45) is 0 Å². The molecule has 8 heteroatoms. The molecule has 3 amide bonds. The summed E-state index contributed by atoms with van der Waals surface area (Å²) >= 11 is 1.27. The van der Waals surface area contributed by atoms with Gasteiger partial charge in [0, 0.05) is 17.3 Å². The fraction of sp³-hybridized carbons (Fsp3) is 0.273. The number of carbonyl (C=O) groups excluding carboxylic acids is 2. The molecule has 1 atom stereocenters. The number of hydrogen-bond acceptors (Lipinski definition) is 5. The van der Waals surface area contributed by atoms with Crippen molar-refractivity contribution in [2.45, 2.75) is 43.1 Å². The Morgan fingerprint density at radius 3 is 2.43 bits per heavy atom. The molecular formula is C22H23N5O2S. The molecule has 30 heavy (non-hydrogen) atoms. The number of nitrogens with one attached hydrogen (secondary N) is 2. The number of thioether (sulfide) groups is 1. The van der Waals surface area contributed by atoms with Gasteiger partial charge in [-0.15, -0.1) is 10.2 Å². The van der Waals surface area contributed by atoms with E-state index < -0.39 is 11.3 Å². The van der Waals surface area contributed by atoms with Crippen molar-refractivity contribution < 1.29 is 9.59 Å². The maximum absolute atomic E-state index is 12.5. The zero-order valence-electron chi connectivity index (χ0n) is 16.8. The van der Waals surface area contributed by atoms with E-state index in [0.29, 0.717) is 11.0 Å². The summed E-state index contributed by atoms with van der Waals surface area (Å²) in [7, 11) is 0. The maximum Gasteiger partial charge on any atom is 0.321 e. The molecule has 2 aromatic carbocycles. The number of amides is 3. The van der Waals surface area contributed by atoms with Crippen LogP contribution < -0.4 is 10.6 Å². The van der Waals surface area contributed by atoms with Gasteiger partial charge in [-0.1, -0.05) is 59.8 Å². The lowest BCUT2D eigenvalue weighted by Crippen LogP contribution is -2.43. The number of hydrogen-bond donors (Lipinski definition) is 2. The topological polar surface area (TPSA) is 88.9 Å². The molecule has 0 spiro atoms. The van der Waals surface area contributed by atoms with Crippen LogP contribution in [0, 0.1) is 6.92 Å². The molecule has 3 aromatic rings. The Morgan fingerprint density at radius 1 is 1.07 bits per heavy atom. The maximum atomic E-state index is 12.5. The molecule has 0 radical (unpaired) electrons.